The average molecular weight is 384 g/mol. The lowest BCUT2D eigenvalue weighted by Crippen LogP contribution is -2.21. The molecule has 2 rings (SSSR count). The van der Waals surface area contributed by atoms with E-state index in [1.54, 1.807) is 36.4 Å². The Labute approximate surface area is 140 Å². The Morgan fingerprint density at radius 3 is 2.73 bits per heavy atom. The quantitative estimate of drug-likeness (QED) is 0.625. The van der Waals surface area contributed by atoms with E-state index in [4.69, 9.17) is 22.1 Å². The number of anilines is 2. The van der Waals surface area contributed by atoms with Gasteiger partial charge in [0.1, 0.15) is 0 Å². The molecule has 0 heterocycles. The number of halogens is 2. The molecule has 7 heteroatoms. The van der Waals surface area contributed by atoms with Crippen molar-refractivity contribution in [3.05, 3.63) is 57.5 Å². The minimum atomic E-state index is -0.667. The van der Waals surface area contributed by atoms with E-state index in [0.717, 1.165) is 0 Å². The molecule has 0 saturated heterocycles. The summed E-state index contributed by atoms with van der Waals surface area (Å²) < 4.78 is 5.64. The monoisotopic (exact) mass is 382 g/mol. The third-order valence-corrected chi connectivity index (χ3v) is 3.41. The van der Waals surface area contributed by atoms with Crippen LogP contribution < -0.4 is 11.1 Å². The number of ether oxygens (including phenoxy) is 1. The second-order valence-corrected chi connectivity index (χ2v) is 5.72. The molecule has 3 N–H and O–H groups in total. The summed E-state index contributed by atoms with van der Waals surface area (Å²) in [6, 6.07) is 11.5. The van der Waals surface area contributed by atoms with Crippen LogP contribution in [0.5, 0.6) is 0 Å². The van der Waals surface area contributed by atoms with Crippen molar-refractivity contribution in [3.8, 4) is 0 Å². The first-order valence-corrected chi connectivity index (χ1v) is 7.40. The van der Waals surface area contributed by atoms with Gasteiger partial charge in [-0.25, -0.2) is 4.79 Å². The minimum absolute atomic E-state index is 0.199. The summed E-state index contributed by atoms with van der Waals surface area (Å²) in [5, 5.41) is 3.07. The summed E-state index contributed by atoms with van der Waals surface area (Å²) in [4.78, 5) is 23.6. The highest BCUT2D eigenvalue weighted by Crippen LogP contribution is 2.19. The van der Waals surface area contributed by atoms with Crippen molar-refractivity contribution in [2.24, 2.45) is 0 Å². The van der Waals surface area contributed by atoms with E-state index >= 15 is 0 Å². The number of hydrogen-bond donors (Lipinski definition) is 2. The standard InChI is InChI=1S/C15H12BrClN2O3/c16-9-4-5-13(18)12(6-9)15(21)22-8-14(20)19-11-3-1-2-10(17)7-11/h1-7H,8,18H2,(H,19,20). The van der Waals surface area contributed by atoms with Crippen LogP contribution in [0.15, 0.2) is 46.9 Å². The van der Waals surface area contributed by atoms with Gasteiger partial charge in [-0.3, -0.25) is 4.79 Å². The first-order valence-electron chi connectivity index (χ1n) is 6.23. The molecular formula is C15H12BrClN2O3. The van der Waals surface area contributed by atoms with Crippen LogP contribution in [-0.2, 0) is 9.53 Å². The highest BCUT2D eigenvalue weighted by molar-refractivity contribution is 9.10. The molecule has 2 aromatic carbocycles. The fraction of sp³-hybridized carbons (Fsp3) is 0.0667. The molecule has 0 aromatic heterocycles. The fourth-order valence-electron chi connectivity index (χ4n) is 1.68. The largest absolute Gasteiger partial charge is 0.452 e. The van der Waals surface area contributed by atoms with Gasteiger partial charge in [-0.15, -0.1) is 0 Å². The van der Waals surface area contributed by atoms with Crippen molar-refractivity contribution in [1.29, 1.82) is 0 Å². The average Bonchev–Trinajstić information content (AvgIpc) is 2.47. The lowest BCUT2D eigenvalue weighted by atomic mass is 10.2. The lowest BCUT2D eigenvalue weighted by molar-refractivity contribution is -0.119. The number of amides is 1. The van der Waals surface area contributed by atoms with Crippen molar-refractivity contribution in [3.63, 3.8) is 0 Å². The second kappa shape index (κ2) is 7.29. The van der Waals surface area contributed by atoms with Crippen LogP contribution in [0.2, 0.25) is 5.02 Å². The topological polar surface area (TPSA) is 81.4 Å². The van der Waals surface area contributed by atoms with Crippen LogP contribution in [0.25, 0.3) is 0 Å². The van der Waals surface area contributed by atoms with E-state index in [9.17, 15) is 9.59 Å². The number of benzene rings is 2. The van der Waals surface area contributed by atoms with Crippen molar-refractivity contribution in [2.75, 3.05) is 17.7 Å². The van der Waals surface area contributed by atoms with Gasteiger partial charge in [-0.2, -0.15) is 0 Å². The van der Waals surface area contributed by atoms with Crippen molar-refractivity contribution in [1.82, 2.24) is 0 Å². The van der Waals surface area contributed by atoms with Crippen LogP contribution >= 0.6 is 27.5 Å². The Morgan fingerprint density at radius 1 is 1.23 bits per heavy atom. The second-order valence-electron chi connectivity index (χ2n) is 4.37. The molecule has 0 aliphatic carbocycles. The summed E-state index contributed by atoms with van der Waals surface area (Å²) >= 11 is 9.05. The van der Waals surface area contributed by atoms with Gasteiger partial charge in [0, 0.05) is 20.9 Å². The molecule has 5 nitrogen and oxygen atoms in total. The summed E-state index contributed by atoms with van der Waals surface area (Å²) in [5.41, 5.74) is 6.70. The van der Waals surface area contributed by atoms with Crippen LogP contribution in [-0.4, -0.2) is 18.5 Å². The molecule has 0 spiro atoms. The predicted octanol–water partition coefficient (Wildman–Crippen LogP) is 3.48. The molecule has 1 amide bonds. The Kier molecular flexibility index (Phi) is 5.41. The van der Waals surface area contributed by atoms with Gasteiger partial charge in [0.15, 0.2) is 6.61 Å². The molecular weight excluding hydrogens is 372 g/mol. The molecule has 0 bridgehead atoms. The van der Waals surface area contributed by atoms with E-state index in [2.05, 4.69) is 21.2 Å². The van der Waals surface area contributed by atoms with Crippen LogP contribution in [0, 0.1) is 0 Å². The molecule has 0 aliphatic heterocycles. The summed E-state index contributed by atoms with van der Waals surface area (Å²) in [6.45, 7) is -0.419. The van der Waals surface area contributed by atoms with Gasteiger partial charge >= 0.3 is 5.97 Å². The highest BCUT2D eigenvalue weighted by atomic mass is 79.9. The zero-order chi connectivity index (χ0) is 16.1. The Hall–Kier alpha value is -2.05. The predicted molar refractivity (Wildman–Crippen MR) is 88.9 cm³/mol. The van der Waals surface area contributed by atoms with E-state index in [1.807, 2.05) is 0 Å². The maximum atomic E-state index is 11.9. The van der Waals surface area contributed by atoms with E-state index < -0.39 is 18.5 Å². The molecule has 0 saturated carbocycles. The molecule has 0 unspecified atom stereocenters. The number of carbonyl (C=O) groups is 2. The number of nitrogens with two attached hydrogens (primary N) is 1. The number of carbonyl (C=O) groups excluding carboxylic acids is 2. The third kappa shape index (κ3) is 4.47. The first-order chi connectivity index (χ1) is 10.5. The Balaban J connectivity index is 1.93. The highest BCUT2D eigenvalue weighted by Gasteiger charge is 2.14. The molecule has 0 fully saturated rings. The van der Waals surface area contributed by atoms with Gasteiger partial charge in [0.25, 0.3) is 5.91 Å². The molecule has 114 valence electrons. The van der Waals surface area contributed by atoms with Gasteiger partial charge in [0.2, 0.25) is 0 Å². The van der Waals surface area contributed by atoms with Gasteiger partial charge < -0.3 is 15.8 Å². The van der Waals surface area contributed by atoms with Gasteiger partial charge in [-0.05, 0) is 36.4 Å². The number of rotatable bonds is 4. The van der Waals surface area contributed by atoms with E-state index in [-0.39, 0.29) is 11.3 Å². The van der Waals surface area contributed by atoms with Crippen molar-refractivity contribution in [2.45, 2.75) is 0 Å². The SMILES string of the molecule is Nc1ccc(Br)cc1C(=O)OCC(=O)Nc1cccc(Cl)c1. The van der Waals surface area contributed by atoms with Gasteiger partial charge in [0.05, 0.1) is 5.56 Å². The number of hydrogen-bond acceptors (Lipinski definition) is 4. The number of nitrogens with one attached hydrogen (secondary N) is 1. The molecule has 0 atom stereocenters. The molecule has 22 heavy (non-hydrogen) atoms. The minimum Gasteiger partial charge on any atom is -0.452 e. The smallest absolute Gasteiger partial charge is 0.340 e. The molecule has 0 radical (unpaired) electrons. The molecule has 2 aromatic rings. The third-order valence-electron chi connectivity index (χ3n) is 2.68. The molecule has 0 aliphatic rings. The number of esters is 1. The van der Waals surface area contributed by atoms with E-state index in [1.165, 1.54) is 6.07 Å². The number of nitrogen functional groups attached to an aromatic ring is 1. The summed E-state index contributed by atoms with van der Waals surface area (Å²) in [5.74, 6) is -1.13. The zero-order valence-electron chi connectivity index (χ0n) is 11.3. The maximum absolute atomic E-state index is 11.9. The van der Waals surface area contributed by atoms with Gasteiger partial charge in [-0.1, -0.05) is 33.6 Å². The lowest BCUT2D eigenvalue weighted by Gasteiger charge is -2.08. The van der Waals surface area contributed by atoms with E-state index in [0.29, 0.717) is 15.2 Å². The normalized spacial score (nSPS) is 10.1. The van der Waals surface area contributed by atoms with Crippen LogP contribution in [0.4, 0.5) is 11.4 Å². The van der Waals surface area contributed by atoms with Crippen LogP contribution in [0.1, 0.15) is 10.4 Å². The Bertz CT molecular complexity index is 722. The van der Waals surface area contributed by atoms with Crippen molar-refractivity contribution >= 4 is 50.8 Å². The van der Waals surface area contributed by atoms with Crippen LogP contribution in [0.3, 0.4) is 0 Å². The fourth-order valence-corrected chi connectivity index (χ4v) is 2.23. The zero-order valence-corrected chi connectivity index (χ0v) is 13.6. The summed E-state index contributed by atoms with van der Waals surface area (Å²) in [6.07, 6.45) is 0. The van der Waals surface area contributed by atoms with Crippen molar-refractivity contribution < 1.29 is 14.3 Å². The summed E-state index contributed by atoms with van der Waals surface area (Å²) in [7, 11) is 0. The maximum Gasteiger partial charge on any atom is 0.340 e. The Morgan fingerprint density at radius 2 is 2.00 bits per heavy atom. The first kappa shape index (κ1) is 16.3.